The molecule has 1 aromatic heterocycles. The SMILES string of the molecule is Cc1ccc(Cn2c(C)c(CNCCCc3ccccc3)c(C(=O)[O-])c2C)cc1. The number of aryl methyl sites for hydroxylation is 2. The van der Waals surface area contributed by atoms with E-state index in [-0.39, 0.29) is 0 Å². The van der Waals surface area contributed by atoms with E-state index in [2.05, 4.69) is 65.3 Å². The van der Waals surface area contributed by atoms with Crippen molar-refractivity contribution in [1.82, 2.24) is 9.88 Å². The first-order chi connectivity index (χ1) is 14.0. The number of rotatable bonds is 9. The zero-order chi connectivity index (χ0) is 20.8. The van der Waals surface area contributed by atoms with Gasteiger partial charge < -0.3 is 19.8 Å². The lowest BCUT2D eigenvalue weighted by atomic mass is 10.1. The highest BCUT2D eigenvalue weighted by Gasteiger charge is 2.18. The van der Waals surface area contributed by atoms with Crippen LogP contribution in [0.25, 0.3) is 0 Å². The molecule has 3 rings (SSSR count). The number of benzene rings is 2. The van der Waals surface area contributed by atoms with Gasteiger partial charge in [0.15, 0.2) is 0 Å². The van der Waals surface area contributed by atoms with Crippen LogP contribution in [0.3, 0.4) is 0 Å². The predicted octanol–water partition coefficient (Wildman–Crippen LogP) is 3.55. The van der Waals surface area contributed by atoms with E-state index in [4.69, 9.17) is 0 Å². The highest BCUT2D eigenvalue weighted by atomic mass is 16.4. The minimum Gasteiger partial charge on any atom is -0.545 e. The van der Waals surface area contributed by atoms with Gasteiger partial charge in [-0.25, -0.2) is 0 Å². The molecule has 0 radical (unpaired) electrons. The number of hydrogen-bond acceptors (Lipinski definition) is 3. The summed E-state index contributed by atoms with van der Waals surface area (Å²) in [5.74, 6) is -1.10. The Bertz CT molecular complexity index is 957. The average Bonchev–Trinajstić information content (AvgIpc) is 2.94. The van der Waals surface area contributed by atoms with E-state index in [0.29, 0.717) is 18.7 Å². The van der Waals surface area contributed by atoms with Gasteiger partial charge in [-0.2, -0.15) is 0 Å². The Morgan fingerprint density at radius 2 is 1.62 bits per heavy atom. The van der Waals surface area contributed by atoms with E-state index in [0.717, 1.165) is 41.9 Å². The van der Waals surface area contributed by atoms with E-state index < -0.39 is 5.97 Å². The third kappa shape index (κ3) is 5.15. The van der Waals surface area contributed by atoms with Crippen molar-refractivity contribution in [1.29, 1.82) is 0 Å². The number of aromatic nitrogens is 1. The predicted molar refractivity (Wildman–Crippen MR) is 115 cm³/mol. The van der Waals surface area contributed by atoms with Crippen molar-refractivity contribution in [2.24, 2.45) is 0 Å². The van der Waals surface area contributed by atoms with Gasteiger partial charge >= 0.3 is 0 Å². The van der Waals surface area contributed by atoms with Gasteiger partial charge in [0.2, 0.25) is 0 Å². The van der Waals surface area contributed by atoms with Gasteiger partial charge in [0.05, 0.1) is 5.97 Å². The molecule has 2 aromatic carbocycles. The minimum absolute atomic E-state index is 0.324. The third-order valence-corrected chi connectivity index (χ3v) is 5.54. The monoisotopic (exact) mass is 389 g/mol. The number of nitrogens with one attached hydrogen (secondary N) is 1. The summed E-state index contributed by atoms with van der Waals surface area (Å²) in [6.45, 7) is 7.95. The summed E-state index contributed by atoms with van der Waals surface area (Å²) in [6.07, 6.45) is 2.01. The standard InChI is InChI=1S/C25H30N2O2/c1-18-11-13-22(14-12-18)17-27-19(2)23(24(20(27)3)25(28)29)16-26-15-7-10-21-8-5-4-6-9-21/h4-6,8-9,11-14,26H,7,10,15-17H2,1-3H3,(H,28,29)/p-1. The average molecular weight is 390 g/mol. The van der Waals surface area contributed by atoms with Gasteiger partial charge in [-0.1, -0.05) is 60.2 Å². The quantitative estimate of drug-likeness (QED) is 0.570. The molecule has 0 aliphatic rings. The molecule has 0 bridgehead atoms. The van der Waals surface area contributed by atoms with Crippen LogP contribution in [0.5, 0.6) is 0 Å². The maximum Gasteiger partial charge on any atom is 0.0736 e. The maximum atomic E-state index is 11.8. The number of nitrogens with zero attached hydrogens (tertiary/aromatic N) is 1. The molecule has 3 aromatic rings. The fourth-order valence-electron chi connectivity index (χ4n) is 3.82. The van der Waals surface area contributed by atoms with Crippen molar-refractivity contribution in [3.05, 3.63) is 93.8 Å². The molecule has 1 N–H and O–H groups in total. The first-order valence-electron chi connectivity index (χ1n) is 10.2. The normalized spacial score (nSPS) is 11.0. The molecule has 0 fully saturated rings. The Kier molecular flexibility index (Phi) is 6.89. The van der Waals surface area contributed by atoms with Crippen LogP contribution >= 0.6 is 0 Å². The van der Waals surface area contributed by atoms with E-state index in [9.17, 15) is 9.90 Å². The zero-order valence-corrected chi connectivity index (χ0v) is 17.5. The van der Waals surface area contributed by atoms with Crippen LogP contribution in [0.4, 0.5) is 0 Å². The zero-order valence-electron chi connectivity index (χ0n) is 17.5. The summed E-state index contributed by atoms with van der Waals surface area (Å²) in [5.41, 5.74) is 6.58. The maximum absolute atomic E-state index is 11.8. The molecular formula is C25H29N2O2-. The van der Waals surface area contributed by atoms with Crippen LogP contribution in [0.2, 0.25) is 0 Å². The summed E-state index contributed by atoms with van der Waals surface area (Å²) in [5, 5.41) is 15.2. The highest BCUT2D eigenvalue weighted by molar-refractivity contribution is 5.89. The smallest absolute Gasteiger partial charge is 0.0736 e. The molecule has 0 amide bonds. The molecule has 29 heavy (non-hydrogen) atoms. The number of aromatic carboxylic acids is 1. The largest absolute Gasteiger partial charge is 0.545 e. The van der Waals surface area contributed by atoms with Crippen LogP contribution in [-0.4, -0.2) is 17.1 Å². The summed E-state index contributed by atoms with van der Waals surface area (Å²) in [6, 6.07) is 18.7. The minimum atomic E-state index is -1.10. The third-order valence-electron chi connectivity index (χ3n) is 5.54. The molecule has 0 aliphatic carbocycles. The lowest BCUT2D eigenvalue weighted by molar-refractivity contribution is -0.255. The van der Waals surface area contributed by atoms with Gasteiger partial charge in [-0.15, -0.1) is 0 Å². The fraction of sp³-hybridized carbons (Fsp3) is 0.320. The molecule has 4 heteroatoms. The van der Waals surface area contributed by atoms with Crippen molar-refractivity contribution in [3.63, 3.8) is 0 Å². The van der Waals surface area contributed by atoms with Crippen LogP contribution in [0.1, 0.15) is 50.4 Å². The number of carboxylic acid groups (broad SMARTS) is 1. The lowest BCUT2D eigenvalue weighted by Crippen LogP contribution is -2.26. The number of carboxylic acids is 1. The molecule has 0 saturated heterocycles. The molecule has 4 nitrogen and oxygen atoms in total. The van der Waals surface area contributed by atoms with Crippen molar-refractivity contribution in [2.75, 3.05) is 6.54 Å². The van der Waals surface area contributed by atoms with Gasteiger partial charge in [-0.05, 0) is 56.8 Å². The molecule has 152 valence electrons. The Morgan fingerprint density at radius 3 is 2.28 bits per heavy atom. The Balaban J connectivity index is 1.68. The van der Waals surface area contributed by atoms with Crippen LogP contribution in [0.15, 0.2) is 54.6 Å². The van der Waals surface area contributed by atoms with E-state index in [1.165, 1.54) is 11.1 Å². The van der Waals surface area contributed by atoms with Gasteiger partial charge in [0, 0.05) is 30.0 Å². The van der Waals surface area contributed by atoms with Crippen LogP contribution in [0, 0.1) is 20.8 Å². The van der Waals surface area contributed by atoms with E-state index in [1.54, 1.807) is 0 Å². The number of carbonyl (C=O) groups excluding carboxylic acids is 1. The van der Waals surface area contributed by atoms with Crippen molar-refractivity contribution >= 4 is 5.97 Å². The van der Waals surface area contributed by atoms with Gasteiger partial charge in [0.25, 0.3) is 0 Å². The molecule has 0 saturated carbocycles. The Labute approximate surface area is 173 Å². The molecule has 1 heterocycles. The Hall–Kier alpha value is -2.85. The molecule has 0 spiro atoms. The second kappa shape index (κ2) is 9.57. The van der Waals surface area contributed by atoms with Crippen LogP contribution in [-0.2, 0) is 19.5 Å². The summed E-state index contributed by atoms with van der Waals surface area (Å²) < 4.78 is 2.08. The second-order valence-electron chi connectivity index (χ2n) is 7.65. The van der Waals surface area contributed by atoms with Gasteiger partial charge in [-0.3, -0.25) is 0 Å². The van der Waals surface area contributed by atoms with Crippen molar-refractivity contribution < 1.29 is 9.90 Å². The molecule has 0 unspecified atom stereocenters. The topological polar surface area (TPSA) is 57.1 Å². The fourth-order valence-corrected chi connectivity index (χ4v) is 3.82. The Morgan fingerprint density at radius 1 is 0.931 bits per heavy atom. The molecular weight excluding hydrogens is 360 g/mol. The van der Waals surface area contributed by atoms with Crippen molar-refractivity contribution in [3.8, 4) is 0 Å². The first-order valence-corrected chi connectivity index (χ1v) is 10.2. The second-order valence-corrected chi connectivity index (χ2v) is 7.65. The van der Waals surface area contributed by atoms with Gasteiger partial charge in [0.1, 0.15) is 0 Å². The summed E-state index contributed by atoms with van der Waals surface area (Å²) in [7, 11) is 0. The van der Waals surface area contributed by atoms with Crippen molar-refractivity contribution in [2.45, 2.75) is 46.7 Å². The number of carbonyl (C=O) groups is 1. The first kappa shape index (κ1) is 20.9. The summed E-state index contributed by atoms with van der Waals surface area (Å²) >= 11 is 0. The molecule has 0 aliphatic heterocycles. The van der Waals surface area contributed by atoms with E-state index in [1.807, 2.05) is 19.9 Å². The summed E-state index contributed by atoms with van der Waals surface area (Å²) in [4.78, 5) is 11.8. The van der Waals surface area contributed by atoms with Crippen LogP contribution < -0.4 is 10.4 Å². The number of hydrogen-bond donors (Lipinski definition) is 1. The molecule has 0 atom stereocenters. The van der Waals surface area contributed by atoms with E-state index >= 15 is 0 Å². The highest BCUT2D eigenvalue weighted by Crippen LogP contribution is 2.23. The lowest BCUT2D eigenvalue weighted by Gasteiger charge is -2.11.